The molecule has 0 aliphatic carbocycles. The number of carbonyl (C=O) groups is 5. The summed E-state index contributed by atoms with van der Waals surface area (Å²) in [5.74, 6) is -6.80. The first-order valence-electron chi connectivity index (χ1n) is 13.4. The van der Waals surface area contributed by atoms with E-state index in [4.69, 9.17) is 14.6 Å². The Bertz CT molecular complexity index is 1250. The molecule has 2 atom stereocenters. The average molecular weight is 595 g/mol. The van der Waals surface area contributed by atoms with Gasteiger partial charge in [0.15, 0.2) is 17.5 Å². The van der Waals surface area contributed by atoms with Crippen molar-refractivity contribution in [2.24, 2.45) is 0 Å². The second-order valence-corrected chi connectivity index (χ2v) is 9.80. The highest BCUT2D eigenvalue weighted by molar-refractivity contribution is 5.97. The standard InChI is InChI=1S/C27H35N3O12/c1-5-19(42-23(34)15-27(38,26(36)37)14-22(32)33)24(28-20(13-21(28)31)30(6-2,7-3)8-4)25(35)41-16-17-9-11-18(12-10-17)29(39)40/h9-12,20,38H,5-8,13-16H2,1-4H3,(H-,32,33,36,37)/p+1. The van der Waals surface area contributed by atoms with Crippen molar-refractivity contribution < 1.29 is 58.2 Å². The quantitative estimate of drug-likeness (QED) is 0.0476. The summed E-state index contributed by atoms with van der Waals surface area (Å²) >= 11 is 0. The summed E-state index contributed by atoms with van der Waals surface area (Å²) in [6.45, 7) is 8.77. The monoisotopic (exact) mass is 594 g/mol. The number of nitro groups is 1. The highest BCUT2D eigenvalue weighted by Gasteiger charge is 2.53. The van der Waals surface area contributed by atoms with Gasteiger partial charge in [-0.2, -0.15) is 0 Å². The smallest absolute Gasteiger partial charge is 0.359 e. The van der Waals surface area contributed by atoms with Gasteiger partial charge in [0.1, 0.15) is 18.8 Å². The SMILES string of the molecule is CCC(OC(=O)CC(O)(CC(=O)O)C(=O)O)=C(C(=O)OCc1ccc([N+](=O)[O-])cc1)N1C(=O)CC1[N+](CC)(CC)CC. The minimum atomic E-state index is -2.98. The fourth-order valence-electron chi connectivity index (χ4n) is 4.86. The predicted octanol–water partition coefficient (Wildman–Crippen LogP) is 1.92. The number of carbonyl (C=O) groups excluding carboxylic acids is 3. The Morgan fingerprint density at radius 3 is 2.05 bits per heavy atom. The summed E-state index contributed by atoms with van der Waals surface area (Å²) in [7, 11) is 0. The van der Waals surface area contributed by atoms with Gasteiger partial charge < -0.3 is 29.3 Å². The first-order valence-corrected chi connectivity index (χ1v) is 13.4. The molecule has 2 rings (SSSR count). The van der Waals surface area contributed by atoms with Crippen LogP contribution < -0.4 is 0 Å². The molecule has 0 saturated carbocycles. The number of quaternary nitrogens is 1. The van der Waals surface area contributed by atoms with E-state index in [-0.39, 0.29) is 36.6 Å². The molecule has 15 nitrogen and oxygen atoms in total. The van der Waals surface area contributed by atoms with Crippen molar-refractivity contribution in [1.29, 1.82) is 0 Å². The van der Waals surface area contributed by atoms with Gasteiger partial charge in [-0.25, -0.2) is 9.59 Å². The fourth-order valence-corrected chi connectivity index (χ4v) is 4.86. The number of likely N-dealkylation sites (tertiary alicyclic amines) is 1. The third kappa shape index (κ3) is 7.47. The summed E-state index contributed by atoms with van der Waals surface area (Å²) in [6.07, 6.45) is -3.10. The molecule has 1 aromatic rings. The number of allylic oxidation sites excluding steroid dienone is 1. The molecule has 1 saturated heterocycles. The molecule has 3 N–H and O–H groups in total. The van der Waals surface area contributed by atoms with E-state index in [9.17, 15) is 44.3 Å². The molecule has 0 bridgehead atoms. The van der Waals surface area contributed by atoms with Crippen LogP contribution in [0.15, 0.2) is 35.7 Å². The second kappa shape index (κ2) is 14.0. The third-order valence-electron chi connectivity index (χ3n) is 7.50. The van der Waals surface area contributed by atoms with Crippen LogP contribution in [0.25, 0.3) is 0 Å². The summed E-state index contributed by atoms with van der Waals surface area (Å²) in [5, 5.41) is 39.5. The summed E-state index contributed by atoms with van der Waals surface area (Å²) < 4.78 is 11.2. The molecule has 0 spiro atoms. The molecular formula is C27H36N3O12+. The van der Waals surface area contributed by atoms with Crippen molar-refractivity contribution in [2.75, 3.05) is 19.6 Å². The molecule has 1 fully saturated rings. The maximum atomic E-state index is 13.5. The fraction of sp³-hybridized carbons (Fsp3) is 0.519. The van der Waals surface area contributed by atoms with Crippen LogP contribution in [0.2, 0.25) is 0 Å². The zero-order valence-electron chi connectivity index (χ0n) is 23.9. The number of hydrogen-bond acceptors (Lipinski definition) is 10. The van der Waals surface area contributed by atoms with Gasteiger partial charge in [0.2, 0.25) is 5.91 Å². The molecular weight excluding hydrogens is 558 g/mol. The molecule has 1 aliphatic rings. The molecule has 1 aromatic carbocycles. The Morgan fingerprint density at radius 2 is 1.62 bits per heavy atom. The Morgan fingerprint density at radius 1 is 1.05 bits per heavy atom. The highest BCUT2D eigenvalue weighted by Crippen LogP contribution is 2.35. The molecule has 0 radical (unpaired) electrons. The number of ether oxygens (including phenoxy) is 2. The van der Waals surface area contributed by atoms with Crippen LogP contribution in [0, 0.1) is 10.1 Å². The van der Waals surface area contributed by atoms with Gasteiger partial charge in [-0.05, 0) is 38.5 Å². The van der Waals surface area contributed by atoms with E-state index in [1.165, 1.54) is 36.1 Å². The number of non-ortho nitro benzene ring substituents is 1. The highest BCUT2D eigenvalue weighted by atomic mass is 16.6. The lowest BCUT2D eigenvalue weighted by Crippen LogP contribution is -2.70. The minimum absolute atomic E-state index is 0.0942. The zero-order valence-corrected chi connectivity index (χ0v) is 23.9. The maximum Gasteiger partial charge on any atom is 0.359 e. The minimum Gasteiger partial charge on any atom is -0.481 e. The van der Waals surface area contributed by atoms with Gasteiger partial charge in [0.05, 0.1) is 37.4 Å². The van der Waals surface area contributed by atoms with Gasteiger partial charge in [-0.1, -0.05) is 6.92 Å². The van der Waals surface area contributed by atoms with E-state index in [0.29, 0.717) is 29.7 Å². The van der Waals surface area contributed by atoms with Crippen molar-refractivity contribution in [3.05, 3.63) is 51.4 Å². The Kier molecular flexibility index (Phi) is 11.3. The normalized spacial score (nSPS) is 16.9. The van der Waals surface area contributed by atoms with Crippen molar-refractivity contribution in [3.8, 4) is 0 Å². The van der Waals surface area contributed by atoms with Crippen LogP contribution in [-0.4, -0.2) is 90.8 Å². The van der Waals surface area contributed by atoms with Crippen LogP contribution in [0.3, 0.4) is 0 Å². The van der Waals surface area contributed by atoms with Gasteiger partial charge in [-0.15, -0.1) is 0 Å². The number of nitro benzene ring substituents is 1. The van der Waals surface area contributed by atoms with Crippen LogP contribution in [0.5, 0.6) is 0 Å². The third-order valence-corrected chi connectivity index (χ3v) is 7.50. The summed E-state index contributed by atoms with van der Waals surface area (Å²) in [4.78, 5) is 73.4. The number of nitrogens with zero attached hydrogens (tertiary/aromatic N) is 3. The number of benzene rings is 1. The lowest BCUT2D eigenvalue weighted by molar-refractivity contribution is -0.958. The van der Waals surface area contributed by atoms with Crippen LogP contribution >= 0.6 is 0 Å². The Labute approximate surface area is 241 Å². The van der Waals surface area contributed by atoms with Crippen LogP contribution in [-0.2, 0) is 40.1 Å². The van der Waals surface area contributed by atoms with Crippen LogP contribution in [0.4, 0.5) is 5.69 Å². The first-order chi connectivity index (χ1) is 19.7. The van der Waals surface area contributed by atoms with Gasteiger partial charge in [0, 0.05) is 18.6 Å². The summed E-state index contributed by atoms with van der Waals surface area (Å²) in [6, 6.07) is 5.22. The average Bonchev–Trinajstić information content (AvgIpc) is 2.93. The number of rotatable bonds is 16. The Balaban J connectivity index is 2.50. The topological polar surface area (TPSA) is 211 Å². The molecule has 1 amide bonds. The van der Waals surface area contributed by atoms with E-state index in [1.807, 2.05) is 20.8 Å². The van der Waals surface area contributed by atoms with Crippen molar-refractivity contribution in [2.45, 2.75) is 71.8 Å². The van der Waals surface area contributed by atoms with E-state index in [1.54, 1.807) is 0 Å². The van der Waals surface area contributed by atoms with Crippen molar-refractivity contribution in [1.82, 2.24) is 4.90 Å². The lowest BCUT2D eigenvalue weighted by Gasteiger charge is -2.52. The summed E-state index contributed by atoms with van der Waals surface area (Å²) in [5.41, 5.74) is -3.14. The van der Waals surface area contributed by atoms with E-state index in [2.05, 4.69) is 0 Å². The van der Waals surface area contributed by atoms with E-state index >= 15 is 0 Å². The largest absolute Gasteiger partial charge is 0.481 e. The van der Waals surface area contributed by atoms with Crippen LogP contribution in [0.1, 0.15) is 58.9 Å². The first kappa shape index (κ1) is 33.8. The maximum absolute atomic E-state index is 13.5. The number of aliphatic hydroxyl groups is 1. The zero-order chi connectivity index (χ0) is 31.8. The number of β-lactam (4-membered cyclic amide) rings is 1. The number of esters is 2. The Hall–Kier alpha value is -4.37. The van der Waals surface area contributed by atoms with Gasteiger partial charge in [0.25, 0.3) is 5.69 Å². The molecule has 0 aromatic heterocycles. The second-order valence-electron chi connectivity index (χ2n) is 9.80. The molecule has 1 aliphatic heterocycles. The van der Waals surface area contributed by atoms with Crippen molar-refractivity contribution >= 4 is 35.5 Å². The molecule has 15 heteroatoms. The van der Waals surface area contributed by atoms with Crippen molar-refractivity contribution in [3.63, 3.8) is 0 Å². The lowest BCUT2D eigenvalue weighted by atomic mass is 9.96. The van der Waals surface area contributed by atoms with Gasteiger partial charge >= 0.3 is 23.9 Å². The number of carboxylic acids is 2. The molecule has 230 valence electrons. The molecule has 2 unspecified atom stereocenters. The molecule has 1 heterocycles. The van der Waals surface area contributed by atoms with E-state index in [0.717, 1.165) is 0 Å². The number of hydrogen-bond donors (Lipinski definition) is 3. The predicted molar refractivity (Wildman–Crippen MR) is 143 cm³/mol. The van der Waals surface area contributed by atoms with E-state index < -0.39 is 59.3 Å². The number of aliphatic carboxylic acids is 2. The molecule has 42 heavy (non-hydrogen) atoms. The number of amides is 1. The number of carboxylic acid groups (broad SMARTS) is 2. The van der Waals surface area contributed by atoms with Gasteiger partial charge in [-0.3, -0.25) is 29.4 Å².